The summed E-state index contributed by atoms with van der Waals surface area (Å²) in [5.41, 5.74) is 1.41. The highest BCUT2D eigenvalue weighted by molar-refractivity contribution is 9.10. The summed E-state index contributed by atoms with van der Waals surface area (Å²) in [5.74, 6) is 0. The van der Waals surface area contributed by atoms with Gasteiger partial charge in [-0.05, 0) is 48.9 Å². The van der Waals surface area contributed by atoms with E-state index in [0.717, 1.165) is 10.0 Å². The van der Waals surface area contributed by atoms with Crippen molar-refractivity contribution in [1.82, 2.24) is 0 Å². The Kier molecular flexibility index (Phi) is 4.42. The maximum atomic E-state index is 12.6. The minimum absolute atomic E-state index is 0.238. The van der Waals surface area contributed by atoms with Crippen LogP contribution in [0, 0.1) is 6.92 Å². The van der Waals surface area contributed by atoms with Gasteiger partial charge in [-0.2, -0.15) is 0 Å². The lowest BCUT2D eigenvalue weighted by atomic mass is 10.2. The molecule has 2 aromatic carbocycles. The number of halogens is 2. The van der Waals surface area contributed by atoms with E-state index in [2.05, 4.69) is 15.9 Å². The number of hydrogen-bond acceptors (Lipinski definition) is 2. The third kappa shape index (κ3) is 3.00. The number of aryl methyl sites for hydroxylation is 1. The zero-order valence-electron chi connectivity index (χ0n) is 11.0. The van der Waals surface area contributed by atoms with Gasteiger partial charge in [-0.25, -0.2) is 8.42 Å². The second kappa shape index (κ2) is 5.76. The van der Waals surface area contributed by atoms with Gasteiger partial charge in [0.1, 0.15) is 0 Å². The molecule has 0 N–H and O–H groups in total. The van der Waals surface area contributed by atoms with Crippen LogP contribution in [0.2, 0.25) is 5.02 Å². The van der Waals surface area contributed by atoms with Gasteiger partial charge in [-0.1, -0.05) is 33.6 Å². The summed E-state index contributed by atoms with van der Waals surface area (Å²) in [6.07, 6.45) is 0. The summed E-state index contributed by atoms with van der Waals surface area (Å²) >= 11 is 9.24. The fourth-order valence-corrected chi connectivity index (χ4v) is 3.50. The molecule has 106 valence electrons. The van der Waals surface area contributed by atoms with Crippen LogP contribution in [-0.4, -0.2) is 15.5 Å². The van der Waals surface area contributed by atoms with Gasteiger partial charge in [0.15, 0.2) is 0 Å². The summed E-state index contributed by atoms with van der Waals surface area (Å²) in [4.78, 5) is 0.238. The molecule has 20 heavy (non-hydrogen) atoms. The van der Waals surface area contributed by atoms with Crippen molar-refractivity contribution >= 4 is 43.2 Å². The number of hydrogen-bond donors (Lipinski definition) is 0. The first-order valence-corrected chi connectivity index (χ1v) is 8.44. The number of anilines is 1. The van der Waals surface area contributed by atoms with E-state index >= 15 is 0 Å². The molecule has 0 heterocycles. The first-order chi connectivity index (χ1) is 9.32. The molecule has 0 aromatic heterocycles. The smallest absolute Gasteiger partial charge is 0.264 e. The minimum Gasteiger partial charge on any atom is -0.269 e. The van der Waals surface area contributed by atoms with Crippen LogP contribution in [0.5, 0.6) is 0 Å². The Hall–Kier alpha value is -1.04. The van der Waals surface area contributed by atoms with Gasteiger partial charge in [0.05, 0.1) is 10.6 Å². The molecule has 2 aromatic rings. The van der Waals surface area contributed by atoms with Crippen LogP contribution in [0.15, 0.2) is 51.8 Å². The zero-order valence-corrected chi connectivity index (χ0v) is 14.1. The average Bonchev–Trinajstić information content (AvgIpc) is 2.41. The van der Waals surface area contributed by atoms with Crippen LogP contribution in [-0.2, 0) is 10.0 Å². The fourth-order valence-electron chi connectivity index (χ4n) is 1.82. The maximum Gasteiger partial charge on any atom is 0.264 e. The second-order valence-electron chi connectivity index (χ2n) is 4.36. The van der Waals surface area contributed by atoms with Gasteiger partial charge in [0.2, 0.25) is 0 Å². The first-order valence-electron chi connectivity index (χ1n) is 5.83. The Bertz CT molecular complexity index is 729. The van der Waals surface area contributed by atoms with Crippen molar-refractivity contribution in [1.29, 1.82) is 0 Å². The van der Waals surface area contributed by atoms with Crippen molar-refractivity contribution < 1.29 is 8.42 Å². The van der Waals surface area contributed by atoms with Gasteiger partial charge >= 0.3 is 0 Å². The summed E-state index contributed by atoms with van der Waals surface area (Å²) in [6, 6.07) is 11.7. The van der Waals surface area contributed by atoms with Crippen LogP contribution in [0.1, 0.15) is 5.56 Å². The molecule has 6 heteroatoms. The van der Waals surface area contributed by atoms with E-state index in [1.165, 1.54) is 11.4 Å². The normalized spacial score (nSPS) is 11.4. The summed E-state index contributed by atoms with van der Waals surface area (Å²) < 4.78 is 27.2. The lowest BCUT2D eigenvalue weighted by molar-refractivity contribution is 0.594. The molecule has 0 amide bonds. The van der Waals surface area contributed by atoms with Crippen molar-refractivity contribution in [3.8, 4) is 0 Å². The zero-order chi connectivity index (χ0) is 14.9. The molecule has 3 nitrogen and oxygen atoms in total. The van der Waals surface area contributed by atoms with E-state index in [1.807, 2.05) is 6.92 Å². The monoisotopic (exact) mass is 373 g/mol. The van der Waals surface area contributed by atoms with Crippen LogP contribution in [0.25, 0.3) is 0 Å². The van der Waals surface area contributed by atoms with Crippen molar-refractivity contribution in [2.45, 2.75) is 11.8 Å². The predicted octanol–water partition coefficient (Wildman–Crippen LogP) is 4.24. The number of rotatable bonds is 3. The number of benzene rings is 2. The van der Waals surface area contributed by atoms with Gasteiger partial charge in [-0.15, -0.1) is 0 Å². The Labute approximate surface area is 132 Å². The Morgan fingerprint density at radius 1 is 1.10 bits per heavy atom. The second-order valence-corrected chi connectivity index (χ2v) is 7.68. The lowest BCUT2D eigenvalue weighted by Crippen LogP contribution is -2.27. The molecule has 0 aliphatic carbocycles. The van der Waals surface area contributed by atoms with Crippen LogP contribution < -0.4 is 4.31 Å². The SMILES string of the molecule is Cc1ccc(Cl)cc1N(C)S(=O)(=O)c1ccc(Br)cc1. The largest absolute Gasteiger partial charge is 0.269 e. The molecule has 0 aliphatic rings. The third-order valence-corrected chi connectivity index (χ3v) is 5.53. The van der Waals surface area contributed by atoms with Crippen molar-refractivity contribution in [3.05, 3.63) is 57.5 Å². The highest BCUT2D eigenvalue weighted by atomic mass is 79.9. The van der Waals surface area contributed by atoms with Gasteiger partial charge in [0.25, 0.3) is 10.0 Å². The molecule has 2 rings (SSSR count). The van der Waals surface area contributed by atoms with Crippen LogP contribution in [0.4, 0.5) is 5.69 Å². The van der Waals surface area contributed by atoms with E-state index in [0.29, 0.717) is 10.7 Å². The molecular formula is C14H13BrClNO2S. The third-order valence-electron chi connectivity index (χ3n) is 2.98. The molecule has 0 aliphatic heterocycles. The minimum atomic E-state index is -3.59. The molecular weight excluding hydrogens is 362 g/mol. The van der Waals surface area contributed by atoms with E-state index in [9.17, 15) is 8.42 Å². The highest BCUT2D eigenvalue weighted by Crippen LogP contribution is 2.28. The Morgan fingerprint density at radius 3 is 2.30 bits per heavy atom. The molecule has 0 fully saturated rings. The molecule has 0 spiro atoms. The molecule has 0 saturated heterocycles. The fraction of sp³-hybridized carbons (Fsp3) is 0.143. The molecule has 0 saturated carbocycles. The lowest BCUT2D eigenvalue weighted by Gasteiger charge is -2.21. The van der Waals surface area contributed by atoms with Gasteiger partial charge in [-0.3, -0.25) is 4.31 Å². The number of nitrogens with zero attached hydrogens (tertiary/aromatic N) is 1. The van der Waals surface area contributed by atoms with E-state index in [1.54, 1.807) is 42.5 Å². The topological polar surface area (TPSA) is 37.4 Å². The molecule has 0 atom stereocenters. The quantitative estimate of drug-likeness (QED) is 0.806. The first kappa shape index (κ1) is 15.4. The van der Waals surface area contributed by atoms with Crippen molar-refractivity contribution in [2.24, 2.45) is 0 Å². The Morgan fingerprint density at radius 2 is 1.70 bits per heavy atom. The van der Waals surface area contributed by atoms with Crippen LogP contribution >= 0.6 is 27.5 Å². The Balaban J connectivity index is 2.48. The number of sulfonamides is 1. The molecule has 0 unspecified atom stereocenters. The van der Waals surface area contributed by atoms with Gasteiger partial charge < -0.3 is 0 Å². The van der Waals surface area contributed by atoms with E-state index in [-0.39, 0.29) is 4.90 Å². The van der Waals surface area contributed by atoms with Crippen molar-refractivity contribution in [3.63, 3.8) is 0 Å². The van der Waals surface area contributed by atoms with E-state index < -0.39 is 10.0 Å². The van der Waals surface area contributed by atoms with Gasteiger partial charge in [0, 0.05) is 16.5 Å². The maximum absolute atomic E-state index is 12.6. The summed E-state index contributed by atoms with van der Waals surface area (Å²) in [5, 5.41) is 0.503. The predicted molar refractivity (Wildman–Crippen MR) is 85.9 cm³/mol. The highest BCUT2D eigenvalue weighted by Gasteiger charge is 2.22. The summed E-state index contributed by atoms with van der Waals surface area (Å²) in [7, 11) is -2.07. The molecule has 0 radical (unpaired) electrons. The standard InChI is InChI=1S/C14H13BrClNO2S/c1-10-3-6-12(16)9-14(10)17(2)20(18,19)13-7-4-11(15)5-8-13/h3-9H,1-2H3. The summed E-state index contributed by atoms with van der Waals surface area (Å²) in [6.45, 7) is 1.85. The van der Waals surface area contributed by atoms with E-state index in [4.69, 9.17) is 11.6 Å². The average molecular weight is 375 g/mol. The molecule has 0 bridgehead atoms. The van der Waals surface area contributed by atoms with Crippen LogP contribution in [0.3, 0.4) is 0 Å². The van der Waals surface area contributed by atoms with Crippen molar-refractivity contribution in [2.75, 3.05) is 11.4 Å².